The summed E-state index contributed by atoms with van der Waals surface area (Å²) in [5.74, 6) is 0.407. The van der Waals surface area contributed by atoms with Crippen LogP contribution >= 0.6 is 0 Å². The van der Waals surface area contributed by atoms with Gasteiger partial charge in [-0.25, -0.2) is 17.9 Å². The third-order valence-electron chi connectivity index (χ3n) is 7.05. The van der Waals surface area contributed by atoms with Crippen LogP contribution < -0.4 is 16.2 Å². The molecule has 1 saturated heterocycles. The van der Waals surface area contributed by atoms with Crippen molar-refractivity contribution in [2.75, 3.05) is 45.9 Å². The molecule has 10 nitrogen and oxygen atoms in total. The van der Waals surface area contributed by atoms with E-state index in [1.807, 2.05) is 27.7 Å². The molecule has 1 heterocycles. The van der Waals surface area contributed by atoms with Crippen molar-refractivity contribution in [3.8, 4) is 0 Å². The van der Waals surface area contributed by atoms with Gasteiger partial charge < -0.3 is 21.1 Å². The third kappa shape index (κ3) is 9.65. The number of nitrogens with zero attached hydrogens (tertiary/aromatic N) is 3. The van der Waals surface area contributed by atoms with Crippen molar-refractivity contribution in [2.45, 2.75) is 90.0 Å². The minimum absolute atomic E-state index is 0.0237. The molecule has 1 amide bonds. The normalized spacial score (nSPS) is 15.7. The number of ether oxygens (including phenoxy) is 1. The minimum Gasteiger partial charge on any atom is -0.450 e. The van der Waals surface area contributed by atoms with Gasteiger partial charge in [0, 0.05) is 45.3 Å². The minimum atomic E-state index is -3.84. The van der Waals surface area contributed by atoms with Crippen LogP contribution in [-0.4, -0.2) is 82.2 Å². The molecule has 1 aromatic carbocycles. The summed E-state index contributed by atoms with van der Waals surface area (Å²) in [5, 5.41) is 0. The summed E-state index contributed by atoms with van der Waals surface area (Å²) in [6, 6.07) is 3.76. The van der Waals surface area contributed by atoms with E-state index in [0.29, 0.717) is 69.5 Å². The fourth-order valence-electron chi connectivity index (χ4n) is 4.85. The van der Waals surface area contributed by atoms with Gasteiger partial charge in [0.05, 0.1) is 11.5 Å². The zero-order valence-corrected chi connectivity index (χ0v) is 25.7. The quantitative estimate of drug-likeness (QED) is 0.188. The molecule has 11 heteroatoms. The van der Waals surface area contributed by atoms with E-state index in [0.717, 1.165) is 16.7 Å². The van der Waals surface area contributed by atoms with Gasteiger partial charge in [-0.1, -0.05) is 53.7 Å². The molecule has 0 spiro atoms. The first-order valence-electron chi connectivity index (χ1n) is 14.2. The SMILES string of the molecule is CCOC(=O)N1CCN(CC(CCCN=C(N)N)NS(=O)(=O)c2c(C(C)C)cc(C(C)C)cc2C(C)C)CC1. The van der Waals surface area contributed by atoms with Crippen molar-refractivity contribution >= 4 is 22.1 Å². The van der Waals surface area contributed by atoms with E-state index in [-0.39, 0.29) is 29.9 Å². The lowest BCUT2D eigenvalue weighted by Gasteiger charge is -2.36. The number of rotatable bonds is 13. The van der Waals surface area contributed by atoms with Gasteiger partial charge in [-0.15, -0.1) is 0 Å². The Kier molecular flexibility index (Phi) is 12.5. The monoisotopic (exact) mass is 566 g/mol. The summed E-state index contributed by atoms with van der Waals surface area (Å²) in [4.78, 5) is 20.5. The second-order valence-corrected chi connectivity index (χ2v) is 12.9. The highest BCUT2D eigenvalue weighted by atomic mass is 32.2. The van der Waals surface area contributed by atoms with Crippen LogP contribution in [-0.2, 0) is 14.8 Å². The predicted octanol–water partition coefficient (Wildman–Crippen LogP) is 3.53. The van der Waals surface area contributed by atoms with Gasteiger partial charge in [-0.05, 0) is 54.2 Å². The first kappa shape index (κ1) is 32.8. The third-order valence-corrected chi connectivity index (χ3v) is 8.70. The molecule has 222 valence electrons. The molecule has 1 unspecified atom stereocenters. The van der Waals surface area contributed by atoms with Crippen LogP contribution in [0, 0.1) is 0 Å². The Bertz CT molecular complexity index is 1050. The molecule has 1 aliphatic rings. The molecule has 1 aromatic rings. The average molecular weight is 567 g/mol. The maximum Gasteiger partial charge on any atom is 0.409 e. The Balaban J connectivity index is 2.34. The van der Waals surface area contributed by atoms with E-state index in [2.05, 4.69) is 40.6 Å². The highest BCUT2D eigenvalue weighted by Crippen LogP contribution is 2.35. The van der Waals surface area contributed by atoms with Crippen LogP contribution in [0.3, 0.4) is 0 Å². The number of hydrogen-bond donors (Lipinski definition) is 3. The average Bonchev–Trinajstić information content (AvgIpc) is 2.85. The maximum atomic E-state index is 14.1. The number of piperazine rings is 1. The summed E-state index contributed by atoms with van der Waals surface area (Å²) in [6.07, 6.45) is 0.902. The van der Waals surface area contributed by atoms with Crippen LogP contribution in [0.5, 0.6) is 0 Å². The van der Waals surface area contributed by atoms with Gasteiger partial charge in [0.25, 0.3) is 0 Å². The number of carbonyl (C=O) groups excluding carboxylic acids is 1. The number of sulfonamides is 1. The molecule has 0 saturated carbocycles. The number of guanidine groups is 1. The van der Waals surface area contributed by atoms with Crippen LogP contribution in [0.2, 0.25) is 0 Å². The first-order valence-corrected chi connectivity index (χ1v) is 15.6. The molecule has 5 N–H and O–H groups in total. The number of nitrogens with one attached hydrogen (secondary N) is 1. The number of nitrogens with two attached hydrogens (primary N) is 2. The van der Waals surface area contributed by atoms with Gasteiger partial charge in [0.1, 0.15) is 0 Å². The summed E-state index contributed by atoms with van der Waals surface area (Å²) in [7, 11) is -3.84. The summed E-state index contributed by atoms with van der Waals surface area (Å²) < 4.78 is 36.4. The molecule has 0 aliphatic carbocycles. The Hall–Kier alpha value is -2.37. The molecule has 39 heavy (non-hydrogen) atoms. The summed E-state index contributed by atoms with van der Waals surface area (Å²) in [5.41, 5.74) is 13.8. The number of benzene rings is 1. The van der Waals surface area contributed by atoms with E-state index >= 15 is 0 Å². The van der Waals surface area contributed by atoms with E-state index in [4.69, 9.17) is 16.2 Å². The molecule has 0 aromatic heterocycles. The van der Waals surface area contributed by atoms with Gasteiger partial charge >= 0.3 is 6.09 Å². The zero-order chi connectivity index (χ0) is 29.3. The van der Waals surface area contributed by atoms with Gasteiger partial charge in [-0.3, -0.25) is 9.89 Å². The fraction of sp³-hybridized carbons (Fsp3) is 0.714. The second kappa shape index (κ2) is 14.9. The predicted molar refractivity (Wildman–Crippen MR) is 158 cm³/mol. The topological polar surface area (TPSA) is 143 Å². The molecule has 1 fully saturated rings. The largest absolute Gasteiger partial charge is 0.450 e. The summed E-state index contributed by atoms with van der Waals surface area (Å²) >= 11 is 0. The van der Waals surface area contributed by atoms with Gasteiger partial charge in [0.15, 0.2) is 5.96 Å². The lowest BCUT2D eigenvalue weighted by atomic mass is 9.89. The zero-order valence-electron chi connectivity index (χ0n) is 24.9. The highest BCUT2D eigenvalue weighted by Gasteiger charge is 2.30. The lowest BCUT2D eigenvalue weighted by molar-refractivity contribution is 0.0774. The Morgan fingerprint density at radius 3 is 2.03 bits per heavy atom. The lowest BCUT2D eigenvalue weighted by Crippen LogP contribution is -2.52. The first-order chi connectivity index (χ1) is 18.3. The molecule has 1 atom stereocenters. The number of amides is 1. The van der Waals surface area contributed by atoms with Crippen molar-refractivity contribution < 1.29 is 17.9 Å². The Morgan fingerprint density at radius 1 is 1.00 bits per heavy atom. The van der Waals surface area contributed by atoms with Crippen molar-refractivity contribution in [1.29, 1.82) is 0 Å². The van der Waals surface area contributed by atoms with Crippen LogP contribution in [0.25, 0.3) is 0 Å². The number of aliphatic imine (C=N–C) groups is 1. The van der Waals surface area contributed by atoms with E-state index in [9.17, 15) is 13.2 Å². The number of hydrogen-bond acceptors (Lipinski definition) is 6. The molecular weight excluding hydrogens is 516 g/mol. The maximum absolute atomic E-state index is 14.1. The summed E-state index contributed by atoms with van der Waals surface area (Å²) in [6.45, 7) is 17.9. The molecule has 2 rings (SSSR count). The Labute approximate surface area is 235 Å². The van der Waals surface area contributed by atoms with Crippen molar-refractivity contribution in [1.82, 2.24) is 14.5 Å². The van der Waals surface area contributed by atoms with Crippen molar-refractivity contribution in [2.24, 2.45) is 16.5 Å². The van der Waals surface area contributed by atoms with Crippen LogP contribution in [0.4, 0.5) is 4.79 Å². The Morgan fingerprint density at radius 2 is 1.56 bits per heavy atom. The molecule has 0 bridgehead atoms. The van der Waals surface area contributed by atoms with E-state index < -0.39 is 10.0 Å². The van der Waals surface area contributed by atoms with Crippen LogP contribution in [0.1, 0.15) is 95.8 Å². The molecule has 0 radical (unpaired) electrons. The smallest absolute Gasteiger partial charge is 0.409 e. The van der Waals surface area contributed by atoms with Gasteiger partial charge in [-0.2, -0.15) is 0 Å². The highest BCUT2D eigenvalue weighted by molar-refractivity contribution is 7.89. The van der Waals surface area contributed by atoms with Crippen molar-refractivity contribution in [3.63, 3.8) is 0 Å². The van der Waals surface area contributed by atoms with E-state index in [1.165, 1.54) is 0 Å². The van der Waals surface area contributed by atoms with Crippen molar-refractivity contribution in [3.05, 3.63) is 28.8 Å². The van der Waals surface area contributed by atoms with Gasteiger partial charge in [0.2, 0.25) is 10.0 Å². The molecular formula is C28H50N6O4S. The standard InChI is InChI=1S/C28H50N6O4S/c1-8-38-28(35)34-14-12-33(13-15-34)18-23(10-9-11-31-27(29)30)32-39(36,37)26-24(20(4)5)16-22(19(2)3)17-25(26)21(6)7/h16-17,19-21,23,32H,8-15,18H2,1-7H3,(H4,29,30,31). The second-order valence-electron chi connectivity index (χ2n) is 11.2. The fourth-order valence-corrected chi connectivity index (χ4v) is 6.81. The van der Waals surface area contributed by atoms with E-state index in [1.54, 1.807) is 11.8 Å². The van der Waals surface area contributed by atoms with Crippen LogP contribution in [0.15, 0.2) is 22.0 Å². The molecule has 1 aliphatic heterocycles. The number of carbonyl (C=O) groups is 1.